The highest BCUT2D eigenvalue weighted by molar-refractivity contribution is 7.10. The summed E-state index contributed by atoms with van der Waals surface area (Å²) in [5.74, 6) is 0. The smallest absolute Gasteiger partial charge is 0.444 e. The summed E-state index contributed by atoms with van der Waals surface area (Å²) in [5.41, 5.74) is 0.544. The highest BCUT2D eigenvalue weighted by atomic mass is 32.1. The number of nitrogens with one attached hydrogen (secondary N) is 1. The van der Waals surface area contributed by atoms with Crippen LogP contribution in [0.5, 0.6) is 0 Å². The summed E-state index contributed by atoms with van der Waals surface area (Å²) in [4.78, 5) is 13.3. The van der Waals surface area contributed by atoms with Crippen molar-refractivity contribution >= 4 is 30.6 Å². The summed E-state index contributed by atoms with van der Waals surface area (Å²) in [7, 11) is -0.519. The van der Waals surface area contributed by atoms with Crippen molar-refractivity contribution in [3.05, 3.63) is 27.4 Å². The average molecular weight is 379 g/mol. The van der Waals surface area contributed by atoms with E-state index in [4.69, 9.17) is 14.0 Å². The predicted octanol–water partition coefficient (Wildman–Crippen LogP) is 4.60. The highest BCUT2D eigenvalue weighted by Crippen LogP contribution is 2.39. The van der Waals surface area contributed by atoms with Gasteiger partial charge in [-0.25, -0.2) is 4.79 Å². The van der Waals surface area contributed by atoms with E-state index in [1.165, 1.54) is 4.88 Å². The van der Waals surface area contributed by atoms with Crippen molar-refractivity contribution in [1.29, 1.82) is 0 Å². The maximum atomic E-state index is 12.1. The Labute approximate surface area is 161 Å². The quantitative estimate of drug-likeness (QED) is 0.777. The lowest BCUT2D eigenvalue weighted by Gasteiger charge is -2.32. The van der Waals surface area contributed by atoms with E-state index in [2.05, 4.69) is 18.3 Å². The van der Waals surface area contributed by atoms with Gasteiger partial charge >= 0.3 is 13.2 Å². The number of ether oxygens (including phenoxy) is 1. The van der Waals surface area contributed by atoms with Gasteiger partial charge in [0.2, 0.25) is 0 Å². The van der Waals surface area contributed by atoms with E-state index in [9.17, 15) is 4.79 Å². The van der Waals surface area contributed by atoms with E-state index in [0.29, 0.717) is 6.54 Å². The maximum absolute atomic E-state index is 12.1. The molecule has 1 N–H and O–H groups in total. The van der Waals surface area contributed by atoms with Gasteiger partial charge in [0.05, 0.1) is 11.2 Å². The standard InChI is InChI=1S/C19H30BNO4S/c1-13-14(9-10-26-13)11-15(12-21-16(22)23-17(2,3)4)20-24-18(5,6)19(7,8)25-20/h9-11H,12H2,1-8H3,(H,21,22). The number of aryl methyl sites for hydroxylation is 1. The summed E-state index contributed by atoms with van der Waals surface area (Å²) in [5, 5.41) is 4.86. The zero-order chi connectivity index (χ0) is 19.8. The molecule has 5 nitrogen and oxygen atoms in total. The van der Waals surface area contributed by atoms with Crippen molar-refractivity contribution < 1.29 is 18.8 Å². The fraction of sp³-hybridized carbons (Fsp3) is 0.632. The number of alkyl carbamates (subject to hydrolysis) is 1. The van der Waals surface area contributed by atoms with Gasteiger partial charge in [-0.15, -0.1) is 11.3 Å². The van der Waals surface area contributed by atoms with Crippen molar-refractivity contribution in [3.63, 3.8) is 0 Å². The minimum absolute atomic E-state index is 0.293. The van der Waals surface area contributed by atoms with Crippen LogP contribution in [0, 0.1) is 6.92 Å². The lowest BCUT2D eigenvalue weighted by Crippen LogP contribution is -2.41. The van der Waals surface area contributed by atoms with Gasteiger partial charge in [0.15, 0.2) is 0 Å². The molecular weight excluding hydrogens is 349 g/mol. The molecule has 0 unspecified atom stereocenters. The lowest BCUT2D eigenvalue weighted by atomic mass is 9.77. The first-order chi connectivity index (χ1) is 11.8. The van der Waals surface area contributed by atoms with E-state index in [1.807, 2.05) is 59.9 Å². The maximum Gasteiger partial charge on any atom is 0.492 e. The van der Waals surface area contributed by atoms with E-state index < -0.39 is 30.0 Å². The van der Waals surface area contributed by atoms with E-state index in [1.54, 1.807) is 11.3 Å². The molecule has 26 heavy (non-hydrogen) atoms. The largest absolute Gasteiger partial charge is 0.492 e. The van der Waals surface area contributed by atoms with Crippen molar-refractivity contribution in [1.82, 2.24) is 5.32 Å². The molecule has 0 radical (unpaired) electrons. The molecule has 0 saturated carbocycles. The molecule has 0 aromatic carbocycles. The number of carbonyl (C=O) groups excluding carboxylic acids is 1. The number of hydrogen-bond donors (Lipinski definition) is 1. The van der Waals surface area contributed by atoms with Crippen LogP contribution in [0.4, 0.5) is 4.79 Å². The monoisotopic (exact) mass is 379 g/mol. The molecule has 144 valence electrons. The molecular formula is C19H30BNO4S. The first-order valence-electron chi connectivity index (χ1n) is 8.88. The number of carbonyl (C=O) groups is 1. The van der Waals surface area contributed by atoms with Crippen molar-refractivity contribution in [2.24, 2.45) is 0 Å². The van der Waals surface area contributed by atoms with E-state index in [0.717, 1.165) is 11.0 Å². The third kappa shape index (κ3) is 5.12. The van der Waals surface area contributed by atoms with Gasteiger partial charge in [-0.1, -0.05) is 6.08 Å². The predicted molar refractivity (Wildman–Crippen MR) is 107 cm³/mol. The van der Waals surface area contributed by atoms with Crippen LogP contribution in [-0.2, 0) is 14.0 Å². The Morgan fingerprint density at radius 2 is 1.85 bits per heavy atom. The van der Waals surface area contributed by atoms with Crippen LogP contribution in [0.2, 0.25) is 0 Å². The Balaban J connectivity index is 2.20. The molecule has 1 fully saturated rings. The number of thiophene rings is 1. The summed E-state index contributed by atoms with van der Waals surface area (Å²) < 4.78 is 17.7. The molecule has 2 rings (SSSR count). The second-order valence-corrected chi connectivity index (χ2v) is 9.72. The molecule has 1 aliphatic heterocycles. The van der Waals surface area contributed by atoms with Crippen LogP contribution in [0.1, 0.15) is 58.9 Å². The van der Waals surface area contributed by atoms with Gasteiger partial charge in [-0.2, -0.15) is 0 Å². The Hall–Kier alpha value is -1.31. The molecule has 1 saturated heterocycles. The molecule has 2 heterocycles. The van der Waals surface area contributed by atoms with Crippen LogP contribution in [-0.4, -0.2) is 36.6 Å². The van der Waals surface area contributed by atoms with Gasteiger partial charge < -0.3 is 19.4 Å². The SMILES string of the molecule is Cc1sccc1C=C(CNC(=O)OC(C)(C)C)B1OC(C)(C)C(C)(C)O1. The summed E-state index contributed by atoms with van der Waals surface area (Å²) in [6, 6.07) is 2.05. The number of hydrogen-bond acceptors (Lipinski definition) is 5. The minimum Gasteiger partial charge on any atom is -0.444 e. The molecule has 0 atom stereocenters. The summed E-state index contributed by atoms with van der Waals surface area (Å²) >= 11 is 1.68. The van der Waals surface area contributed by atoms with Crippen LogP contribution in [0.15, 0.2) is 16.9 Å². The Morgan fingerprint density at radius 1 is 1.27 bits per heavy atom. The van der Waals surface area contributed by atoms with Crippen molar-refractivity contribution in [3.8, 4) is 0 Å². The fourth-order valence-corrected chi connectivity index (χ4v) is 3.11. The second-order valence-electron chi connectivity index (χ2n) is 8.60. The molecule has 1 amide bonds. The van der Waals surface area contributed by atoms with Gasteiger partial charge in [0, 0.05) is 11.4 Å². The highest BCUT2D eigenvalue weighted by Gasteiger charge is 2.52. The van der Waals surface area contributed by atoms with Crippen LogP contribution < -0.4 is 5.32 Å². The van der Waals surface area contributed by atoms with Gasteiger partial charge in [-0.05, 0) is 77.9 Å². The zero-order valence-electron chi connectivity index (χ0n) is 17.1. The molecule has 1 aromatic rings. The summed E-state index contributed by atoms with van der Waals surface area (Å²) in [6.07, 6.45) is 1.58. The zero-order valence-corrected chi connectivity index (χ0v) is 17.9. The van der Waals surface area contributed by atoms with Crippen molar-refractivity contribution in [2.75, 3.05) is 6.54 Å². The molecule has 7 heteroatoms. The molecule has 1 aliphatic rings. The van der Waals surface area contributed by atoms with Gasteiger partial charge in [0.1, 0.15) is 5.60 Å². The number of rotatable bonds is 4. The number of amides is 1. The third-order valence-electron chi connectivity index (χ3n) is 4.63. The topological polar surface area (TPSA) is 56.8 Å². The van der Waals surface area contributed by atoms with Crippen LogP contribution in [0.25, 0.3) is 6.08 Å². The van der Waals surface area contributed by atoms with Gasteiger partial charge in [0.25, 0.3) is 0 Å². The average Bonchev–Trinajstić information content (AvgIpc) is 2.93. The molecule has 1 aromatic heterocycles. The van der Waals surface area contributed by atoms with E-state index >= 15 is 0 Å². The first-order valence-corrected chi connectivity index (χ1v) is 9.76. The summed E-state index contributed by atoms with van der Waals surface area (Å²) in [6.45, 7) is 15.9. The second kappa shape index (κ2) is 7.37. The van der Waals surface area contributed by atoms with Crippen LogP contribution >= 0.6 is 11.3 Å². The molecule has 0 aliphatic carbocycles. The minimum atomic E-state index is -0.539. The lowest BCUT2D eigenvalue weighted by molar-refractivity contribution is 0.00578. The third-order valence-corrected chi connectivity index (χ3v) is 5.49. The molecule has 0 bridgehead atoms. The van der Waals surface area contributed by atoms with Crippen molar-refractivity contribution in [2.45, 2.75) is 72.2 Å². The van der Waals surface area contributed by atoms with Crippen LogP contribution in [0.3, 0.4) is 0 Å². The normalized spacial score (nSPS) is 19.5. The Morgan fingerprint density at radius 3 is 2.31 bits per heavy atom. The van der Waals surface area contributed by atoms with Gasteiger partial charge in [-0.3, -0.25) is 0 Å². The Bertz CT molecular complexity index is 672. The molecule has 0 spiro atoms. The Kier molecular flexibility index (Phi) is 5.95. The first kappa shape index (κ1) is 21.0. The van der Waals surface area contributed by atoms with E-state index in [-0.39, 0.29) is 0 Å². The fourth-order valence-electron chi connectivity index (χ4n) is 2.43.